The van der Waals surface area contributed by atoms with Gasteiger partial charge in [0, 0.05) is 26.2 Å². The molecule has 7 nitrogen and oxygen atoms in total. The van der Waals surface area contributed by atoms with E-state index in [0.717, 1.165) is 46.1 Å². The van der Waals surface area contributed by atoms with E-state index in [1.54, 1.807) is 19.1 Å². The fraction of sp³-hybridized carbons (Fsp3) is 0.296. The summed E-state index contributed by atoms with van der Waals surface area (Å²) in [5.41, 5.74) is 4.88. The van der Waals surface area contributed by atoms with Crippen molar-refractivity contribution in [3.05, 3.63) is 70.9 Å². The summed E-state index contributed by atoms with van der Waals surface area (Å²) in [5.74, 6) is 1.27. The number of rotatable bonds is 9. The molecule has 4 rings (SSSR count). The number of hydrogen-bond acceptors (Lipinski definition) is 6. The van der Waals surface area contributed by atoms with E-state index in [1.165, 1.54) is 11.3 Å². The third-order valence-electron chi connectivity index (χ3n) is 5.89. The highest BCUT2D eigenvalue weighted by molar-refractivity contribution is 7.17. The molecule has 182 valence electrons. The Labute approximate surface area is 210 Å². The lowest BCUT2D eigenvalue weighted by Gasteiger charge is -2.16. The number of methoxy groups -OCH3 is 2. The number of carbonyl (C=O) groups excluding carboxylic acids is 1. The van der Waals surface area contributed by atoms with Gasteiger partial charge in [0.1, 0.15) is 9.88 Å². The van der Waals surface area contributed by atoms with E-state index in [2.05, 4.69) is 28.3 Å². The number of aromatic nitrogens is 3. The van der Waals surface area contributed by atoms with Crippen LogP contribution in [0.1, 0.15) is 27.5 Å². The Kier molecular flexibility index (Phi) is 7.51. The number of carbonyl (C=O) groups is 1. The molecule has 4 aromatic rings. The van der Waals surface area contributed by atoms with Crippen LogP contribution in [-0.4, -0.2) is 53.4 Å². The maximum absolute atomic E-state index is 13.2. The zero-order valence-corrected chi connectivity index (χ0v) is 21.6. The van der Waals surface area contributed by atoms with Gasteiger partial charge >= 0.3 is 0 Å². The maximum Gasteiger partial charge on any atom is 0.265 e. The van der Waals surface area contributed by atoms with Gasteiger partial charge in [-0.3, -0.25) is 9.48 Å². The van der Waals surface area contributed by atoms with Crippen LogP contribution in [-0.2, 0) is 13.5 Å². The zero-order chi connectivity index (χ0) is 24.9. The van der Waals surface area contributed by atoms with Gasteiger partial charge in [0.05, 0.1) is 31.3 Å². The largest absolute Gasteiger partial charge is 0.493 e. The van der Waals surface area contributed by atoms with Crippen LogP contribution in [0.2, 0.25) is 0 Å². The Morgan fingerprint density at radius 1 is 1.03 bits per heavy atom. The van der Waals surface area contributed by atoms with E-state index < -0.39 is 0 Å². The standard InChI is InChI=1S/C27H30N4O3S/c1-18-25(35-26(28-18)20-13-14-23(33-4)24(16-20)34-5)27(32)30(2)15-9-12-21-17-22(31(3)29-21)19-10-7-6-8-11-19/h6-8,10-11,13-14,16-17H,9,12,15H2,1-5H3. The molecule has 2 aromatic carbocycles. The number of nitrogens with zero attached hydrogens (tertiary/aromatic N) is 4. The molecule has 0 aliphatic heterocycles. The SMILES string of the molecule is COc1ccc(-c2nc(C)c(C(=O)N(C)CCCc3cc(-c4ccccc4)n(C)n3)s2)cc1OC. The number of hydrogen-bond donors (Lipinski definition) is 0. The van der Waals surface area contributed by atoms with Crippen molar-refractivity contribution < 1.29 is 14.3 Å². The summed E-state index contributed by atoms with van der Waals surface area (Å²) in [6.45, 7) is 2.51. The van der Waals surface area contributed by atoms with Gasteiger partial charge in [-0.25, -0.2) is 4.98 Å². The highest BCUT2D eigenvalue weighted by atomic mass is 32.1. The van der Waals surface area contributed by atoms with Crippen molar-refractivity contribution in [2.24, 2.45) is 7.05 Å². The Balaban J connectivity index is 1.40. The Morgan fingerprint density at radius 3 is 2.49 bits per heavy atom. The summed E-state index contributed by atoms with van der Waals surface area (Å²) < 4.78 is 12.6. The molecule has 0 N–H and O–H groups in total. The van der Waals surface area contributed by atoms with Crippen LogP contribution in [0, 0.1) is 6.92 Å². The van der Waals surface area contributed by atoms with Gasteiger partial charge in [0.2, 0.25) is 0 Å². The number of aryl methyl sites for hydroxylation is 3. The molecule has 0 atom stereocenters. The van der Waals surface area contributed by atoms with Crippen LogP contribution >= 0.6 is 11.3 Å². The normalized spacial score (nSPS) is 10.9. The van der Waals surface area contributed by atoms with Crippen LogP contribution in [0.3, 0.4) is 0 Å². The fourth-order valence-corrected chi connectivity index (χ4v) is 5.04. The van der Waals surface area contributed by atoms with E-state index in [4.69, 9.17) is 9.47 Å². The van der Waals surface area contributed by atoms with Gasteiger partial charge in [-0.15, -0.1) is 11.3 Å². The molecule has 0 saturated carbocycles. The topological polar surface area (TPSA) is 69.5 Å². The summed E-state index contributed by atoms with van der Waals surface area (Å²) in [6, 6.07) is 18.0. The lowest BCUT2D eigenvalue weighted by molar-refractivity contribution is 0.0797. The first-order valence-corrected chi connectivity index (χ1v) is 12.3. The van der Waals surface area contributed by atoms with Crippen LogP contribution in [0.25, 0.3) is 21.8 Å². The fourth-order valence-electron chi connectivity index (χ4n) is 3.99. The molecule has 0 radical (unpaired) electrons. The van der Waals surface area contributed by atoms with Crippen molar-refractivity contribution in [3.63, 3.8) is 0 Å². The highest BCUT2D eigenvalue weighted by Gasteiger charge is 2.20. The molecular weight excluding hydrogens is 460 g/mol. The van der Waals surface area contributed by atoms with Gasteiger partial charge in [0.15, 0.2) is 11.5 Å². The van der Waals surface area contributed by atoms with Crippen molar-refractivity contribution in [3.8, 4) is 33.3 Å². The average Bonchev–Trinajstić information content (AvgIpc) is 3.45. The molecule has 0 unspecified atom stereocenters. The van der Waals surface area contributed by atoms with Crippen LogP contribution in [0.15, 0.2) is 54.6 Å². The molecule has 0 fully saturated rings. The van der Waals surface area contributed by atoms with Crippen molar-refractivity contribution in [2.45, 2.75) is 19.8 Å². The quantitative estimate of drug-likeness (QED) is 0.321. The van der Waals surface area contributed by atoms with Crippen molar-refractivity contribution in [2.75, 3.05) is 27.8 Å². The molecule has 35 heavy (non-hydrogen) atoms. The van der Waals surface area contributed by atoms with Gasteiger partial charge in [-0.2, -0.15) is 5.10 Å². The van der Waals surface area contributed by atoms with Crippen LogP contribution < -0.4 is 9.47 Å². The van der Waals surface area contributed by atoms with E-state index in [9.17, 15) is 4.79 Å². The minimum Gasteiger partial charge on any atom is -0.493 e. The summed E-state index contributed by atoms with van der Waals surface area (Å²) in [5, 5.41) is 5.43. The summed E-state index contributed by atoms with van der Waals surface area (Å²) in [4.78, 5) is 20.2. The third-order valence-corrected chi connectivity index (χ3v) is 7.09. The molecule has 0 saturated heterocycles. The van der Waals surface area contributed by atoms with E-state index in [0.29, 0.717) is 22.9 Å². The van der Waals surface area contributed by atoms with Crippen LogP contribution in [0.4, 0.5) is 0 Å². The number of amides is 1. The Hall–Kier alpha value is -3.65. The number of thiazole rings is 1. The minimum absolute atomic E-state index is 0.0160. The first-order valence-electron chi connectivity index (χ1n) is 11.4. The lowest BCUT2D eigenvalue weighted by atomic mass is 10.1. The predicted octanol–water partition coefficient (Wildman–Crippen LogP) is 5.24. The first kappa shape index (κ1) is 24.5. The van der Waals surface area contributed by atoms with E-state index >= 15 is 0 Å². The number of benzene rings is 2. The molecule has 2 aromatic heterocycles. The Bertz CT molecular complexity index is 1310. The molecule has 0 aliphatic rings. The Morgan fingerprint density at radius 2 is 1.77 bits per heavy atom. The highest BCUT2D eigenvalue weighted by Crippen LogP contribution is 2.35. The molecule has 0 aliphatic carbocycles. The summed E-state index contributed by atoms with van der Waals surface area (Å²) >= 11 is 1.40. The molecule has 0 bridgehead atoms. The maximum atomic E-state index is 13.2. The van der Waals surface area contributed by atoms with Crippen molar-refractivity contribution in [1.82, 2.24) is 19.7 Å². The van der Waals surface area contributed by atoms with E-state index in [-0.39, 0.29) is 5.91 Å². The molecule has 8 heteroatoms. The van der Waals surface area contributed by atoms with Crippen molar-refractivity contribution in [1.29, 1.82) is 0 Å². The molecule has 2 heterocycles. The zero-order valence-electron chi connectivity index (χ0n) is 20.7. The predicted molar refractivity (Wildman–Crippen MR) is 139 cm³/mol. The second-order valence-electron chi connectivity index (χ2n) is 8.34. The smallest absolute Gasteiger partial charge is 0.265 e. The second-order valence-corrected chi connectivity index (χ2v) is 9.34. The minimum atomic E-state index is -0.0160. The van der Waals surface area contributed by atoms with Gasteiger partial charge in [-0.1, -0.05) is 30.3 Å². The molecular formula is C27H30N4O3S. The summed E-state index contributed by atoms with van der Waals surface area (Å²) in [7, 11) is 7.01. The van der Waals surface area contributed by atoms with Gasteiger partial charge < -0.3 is 14.4 Å². The van der Waals surface area contributed by atoms with Crippen LogP contribution in [0.5, 0.6) is 11.5 Å². The molecule has 1 amide bonds. The first-order chi connectivity index (χ1) is 16.9. The van der Waals surface area contributed by atoms with E-state index in [1.807, 2.05) is 62.1 Å². The summed E-state index contributed by atoms with van der Waals surface area (Å²) in [6.07, 6.45) is 1.63. The second kappa shape index (κ2) is 10.7. The van der Waals surface area contributed by atoms with Gasteiger partial charge in [-0.05, 0) is 49.6 Å². The lowest BCUT2D eigenvalue weighted by Crippen LogP contribution is -2.27. The third kappa shape index (κ3) is 5.38. The molecule has 0 spiro atoms. The monoisotopic (exact) mass is 490 g/mol. The average molecular weight is 491 g/mol. The number of ether oxygens (including phenoxy) is 2. The van der Waals surface area contributed by atoms with Gasteiger partial charge in [0.25, 0.3) is 5.91 Å². The van der Waals surface area contributed by atoms with Crippen molar-refractivity contribution >= 4 is 17.2 Å².